The van der Waals surface area contributed by atoms with Gasteiger partial charge in [0.05, 0.1) is 25.4 Å². The Labute approximate surface area is 203 Å². The lowest BCUT2D eigenvalue weighted by Crippen LogP contribution is -2.11. The summed E-state index contributed by atoms with van der Waals surface area (Å²) in [6.45, 7) is 6.63. The number of hydrogen-bond acceptors (Lipinski definition) is 4. The Kier molecular flexibility index (Phi) is 17.5. The van der Waals surface area contributed by atoms with E-state index in [1.54, 1.807) is 25.3 Å². The van der Waals surface area contributed by atoms with Crippen LogP contribution in [0.1, 0.15) is 134 Å². The second-order valence-electron chi connectivity index (χ2n) is 9.47. The Morgan fingerprint density at radius 3 is 1.67 bits per heavy atom. The van der Waals surface area contributed by atoms with E-state index in [2.05, 4.69) is 6.92 Å². The van der Waals surface area contributed by atoms with E-state index in [0.717, 1.165) is 6.42 Å². The lowest BCUT2D eigenvalue weighted by molar-refractivity contribution is 0.0377. The van der Waals surface area contributed by atoms with Crippen LogP contribution in [0.2, 0.25) is 0 Å². The van der Waals surface area contributed by atoms with Gasteiger partial charge in [0.15, 0.2) is 11.5 Å². The number of unbranched alkanes of at least 4 members (excludes halogenated alkanes) is 15. The van der Waals surface area contributed by atoms with Crippen molar-refractivity contribution in [1.82, 2.24) is 0 Å². The summed E-state index contributed by atoms with van der Waals surface area (Å²) in [7, 11) is 1.59. The van der Waals surface area contributed by atoms with Gasteiger partial charge in [-0.25, -0.2) is 4.79 Å². The van der Waals surface area contributed by atoms with Crippen LogP contribution in [-0.4, -0.2) is 25.8 Å². The molecule has 190 valence electrons. The zero-order chi connectivity index (χ0) is 24.2. The summed E-state index contributed by atoms with van der Waals surface area (Å²) < 4.78 is 16.5. The van der Waals surface area contributed by atoms with Crippen molar-refractivity contribution in [3.8, 4) is 11.5 Å². The maximum Gasteiger partial charge on any atom is 0.338 e. The van der Waals surface area contributed by atoms with Gasteiger partial charge in [-0.3, -0.25) is 0 Å². The standard InChI is InChI=1S/C29H50O4/c1-5-6-7-8-9-10-11-12-13-14-15-16-17-18-19-20-23-32-27-22-21-26(24-28(27)31-4)29(30)33-25(2)3/h21-22,24-25H,5-20,23H2,1-4H3. The number of methoxy groups -OCH3 is 1. The van der Waals surface area contributed by atoms with E-state index in [1.165, 1.54) is 96.3 Å². The van der Waals surface area contributed by atoms with E-state index < -0.39 is 0 Å². The highest BCUT2D eigenvalue weighted by atomic mass is 16.5. The van der Waals surface area contributed by atoms with Gasteiger partial charge in [0, 0.05) is 0 Å². The zero-order valence-electron chi connectivity index (χ0n) is 22.0. The van der Waals surface area contributed by atoms with E-state index in [4.69, 9.17) is 14.2 Å². The number of rotatable bonds is 21. The first-order chi connectivity index (χ1) is 16.1. The molecule has 0 heterocycles. The average molecular weight is 463 g/mol. The van der Waals surface area contributed by atoms with E-state index in [9.17, 15) is 4.79 Å². The summed E-state index contributed by atoms with van der Waals surface area (Å²) in [4.78, 5) is 12.0. The molecule has 1 aromatic rings. The Morgan fingerprint density at radius 1 is 0.727 bits per heavy atom. The summed E-state index contributed by atoms with van der Waals surface area (Å²) in [5, 5.41) is 0. The normalized spacial score (nSPS) is 11.1. The fourth-order valence-electron chi connectivity index (χ4n) is 4.03. The molecule has 1 aromatic carbocycles. The van der Waals surface area contributed by atoms with Crippen molar-refractivity contribution in [2.24, 2.45) is 0 Å². The fraction of sp³-hybridized carbons (Fsp3) is 0.759. The smallest absolute Gasteiger partial charge is 0.338 e. The van der Waals surface area contributed by atoms with Gasteiger partial charge in [-0.1, -0.05) is 103 Å². The molecule has 4 nitrogen and oxygen atoms in total. The van der Waals surface area contributed by atoms with Crippen LogP contribution in [0.25, 0.3) is 0 Å². The third-order valence-electron chi connectivity index (χ3n) is 6.00. The Hall–Kier alpha value is -1.71. The highest BCUT2D eigenvalue weighted by molar-refractivity contribution is 5.90. The van der Waals surface area contributed by atoms with Crippen LogP contribution in [0.15, 0.2) is 18.2 Å². The molecule has 0 aromatic heterocycles. The Morgan fingerprint density at radius 2 is 1.21 bits per heavy atom. The first kappa shape index (κ1) is 29.3. The summed E-state index contributed by atoms with van der Waals surface area (Å²) in [5.74, 6) is 0.914. The molecule has 0 atom stereocenters. The molecule has 4 heteroatoms. The first-order valence-electron chi connectivity index (χ1n) is 13.6. The number of hydrogen-bond donors (Lipinski definition) is 0. The molecule has 33 heavy (non-hydrogen) atoms. The van der Waals surface area contributed by atoms with Crippen LogP contribution >= 0.6 is 0 Å². The average Bonchev–Trinajstić information content (AvgIpc) is 2.80. The van der Waals surface area contributed by atoms with Crippen molar-refractivity contribution in [2.45, 2.75) is 130 Å². The van der Waals surface area contributed by atoms with Crippen molar-refractivity contribution >= 4 is 5.97 Å². The van der Waals surface area contributed by atoms with Gasteiger partial charge >= 0.3 is 5.97 Å². The third kappa shape index (κ3) is 14.9. The van der Waals surface area contributed by atoms with Crippen LogP contribution in [0, 0.1) is 0 Å². The van der Waals surface area contributed by atoms with Crippen LogP contribution in [-0.2, 0) is 4.74 Å². The molecule has 0 saturated carbocycles. The number of benzene rings is 1. The van der Waals surface area contributed by atoms with E-state index >= 15 is 0 Å². The monoisotopic (exact) mass is 462 g/mol. The van der Waals surface area contributed by atoms with Crippen LogP contribution in [0.4, 0.5) is 0 Å². The SMILES string of the molecule is CCCCCCCCCCCCCCCCCCOc1ccc(C(=O)OC(C)C)cc1OC. The molecule has 0 aliphatic rings. The van der Waals surface area contributed by atoms with Gasteiger partial charge < -0.3 is 14.2 Å². The van der Waals surface area contributed by atoms with Crippen molar-refractivity contribution in [2.75, 3.05) is 13.7 Å². The molecule has 0 amide bonds. The Bertz CT molecular complexity index is 612. The fourth-order valence-corrected chi connectivity index (χ4v) is 4.03. The van der Waals surface area contributed by atoms with Gasteiger partial charge in [-0.2, -0.15) is 0 Å². The largest absolute Gasteiger partial charge is 0.493 e. The van der Waals surface area contributed by atoms with Gasteiger partial charge in [-0.15, -0.1) is 0 Å². The second kappa shape index (κ2) is 19.7. The van der Waals surface area contributed by atoms with Crippen molar-refractivity contribution in [1.29, 1.82) is 0 Å². The van der Waals surface area contributed by atoms with Crippen molar-refractivity contribution in [3.05, 3.63) is 23.8 Å². The van der Waals surface area contributed by atoms with Gasteiger partial charge in [0.2, 0.25) is 0 Å². The molecule has 0 aliphatic heterocycles. The lowest BCUT2D eigenvalue weighted by Gasteiger charge is -2.13. The van der Waals surface area contributed by atoms with Crippen molar-refractivity contribution in [3.63, 3.8) is 0 Å². The lowest BCUT2D eigenvalue weighted by atomic mass is 10.0. The number of esters is 1. The highest BCUT2D eigenvalue weighted by Crippen LogP contribution is 2.29. The maximum atomic E-state index is 12.0. The summed E-state index contributed by atoms with van der Waals surface area (Å²) >= 11 is 0. The minimum atomic E-state index is -0.340. The minimum absolute atomic E-state index is 0.144. The van der Waals surface area contributed by atoms with Crippen LogP contribution in [0.3, 0.4) is 0 Å². The topological polar surface area (TPSA) is 44.8 Å². The molecule has 0 radical (unpaired) electrons. The number of carbonyl (C=O) groups is 1. The molecule has 1 rings (SSSR count). The molecule has 0 saturated heterocycles. The molecule has 0 fully saturated rings. The quantitative estimate of drug-likeness (QED) is 0.135. The minimum Gasteiger partial charge on any atom is -0.493 e. The Balaban J connectivity index is 2.00. The maximum absolute atomic E-state index is 12.0. The molecule has 0 spiro atoms. The number of ether oxygens (including phenoxy) is 3. The second-order valence-corrected chi connectivity index (χ2v) is 9.47. The van der Waals surface area contributed by atoms with Gasteiger partial charge in [0.1, 0.15) is 0 Å². The third-order valence-corrected chi connectivity index (χ3v) is 6.00. The zero-order valence-corrected chi connectivity index (χ0v) is 22.0. The molecule has 0 aliphatic carbocycles. The molecule has 0 bridgehead atoms. The molecular formula is C29H50O4. The summed E-state index contributed by atoms with van der Waals surface area (Å²) in [5.41, 5.74) is 0.482. The van der Waals surface area contributed by atoms with E-state index in [-0.39, 0.29) is 12.1 Å². The molecule has 0 N–H and O–H groups in total. The number of carbonyl (C=O) groups excluding carboxylic acids is 1. The molecular weight excluding hydrogens is 412 g/mol. The predicted octanol–water partition coefficient (Wildman–Crippen LogP) is 8.90. The molecule has 0 unspecified atom stereocenters. The van der Waals surface area contributed by atoms with Crippen molar-refractivity contribution < 1.29 is 19.0 Å². The predicted molar refractivity (Wildman–Crippen MR) is 139 cm³/mol. The van der Waals surface area contributed by atoms with E-state index in [0.29, 0.717) is 23.7 Å². The highest BCUT2D eigenvalue weighted by Gasteiger charge is 2.13. The van der Waals surface area contributed by atoms with Crippen LogP contribution < -0.4 is 9.47 Å². The van der Waals surface area contributed by atoms with Crippen LogP contribution in [0.5, 0.6) is 11.5 Å². The van der Waals surface area contributed by atoms with Gasteiger partial charge in [-0.05, 0) is 38.5 Å². The van der Waals surface area contributed by atoms with Gasteiger partial charge in [0.25, 0.3) is 0 Å². The summed E-state index contributed by atoms with van der Waals surface area (Å²) in [6.07, 6.45) is 21.6. The summed E-state index contributed by atoms with van der Waals surface area (Å²) in [6, 6.07) is 5.21. The van der Waals surface area contributed by atoms with E-state index in [1.807, 2.05) is 13.8 Å². The first-order valence-corrected chi connectivity index (χ1v) is 13.6.